The van der Waals surface area contributed by atoms with E-state index < -0.39 is 0 Å². The smallest absolute Gasteiger partial charge is 0.253 e. The Hall–Kier alpha value is -1.35. The molecule has 2 N–H and O–H groups in total. The minimum atomic E-state index is 0. The van der Waals surface area contributed by atoms with Crippen molar-refractivity contribution in [1.29, 1.82) is 0 Å². The van der Waals surface area contributed by atoms with Gasteiger partial charge in [-0.25, -0.2) is 4.99 Å². The third-order valence-corrected chi connectivity index (χ3v) is 5.04. The average molecular weight is 515 g/mol. The van der Waals surface area contributed by atoms with E-state index in [9.17, 15) is 4.79 Å². The zero-order valence-corrected chi connectivity index (χ0v) is 20.9. The molecule has 6 nitrogen and oxygen atoms in total. The Balaban J connectivity index is 0.00000420. The molecular weight excluding hydrogens is 477 g/mol. The van der Waals surface area contributed by atoms with Crippen LogP contribution >= 0.6 is 24.0 Å². The summed E-state index contributed by atoms with van der Waals surface area (Å²) in [7, 11) is 3.53. The van der Waals surface area contributed by atoms with Gasteiger partial charge >= 0.3 is 0 Å². The molecule has 1 amide bonds. The lowest BCUT2D eigenvalue weighted by Gasteiger charge is -2.35. The highest BCUT2D eigenvalue weighted by molar-refractivity contribution is 14.0. The van der Waals surface area contributed by atoms with Gasteiger partial charge in [0.15, 0.2) is 5.96 Å². The molecule has 1 aliphatic rings. The highest BCUT2D eigenvalue weighted by Gasteiger charge is 2.21. The van der Waals surface area contributed by atoms with Crippen molar-refractivity contribution >= 4 is 35.8 Å². The van der Waals surface area contributed by atoms with Crippen molar-refractivity contribution in [1.82, 2.24) is 20.4 Å². The Morgan fingerprint density at radius 2 is 1.76 bits per heavy atom. The molecule has 1 saturated heterocycles. The van der Waals surface area contributed by atoms with E-state index in [4.69, 9.17) is 0 Å². The first-order chi connectivity index (χ1) is 13.4. The van der Waals surface area contributed by atoms with E-state index >= 15 is 0 Å². The Morgan fingerprint density at radius 3 is 2.31 bits per heavy atom. The summed E-state index contributed by atoms with van der Waals surface area (Å²) in [5.74, 6) is 2.43. The number of hydrogen-bond acceptors (Lipinski definition) is 3. The van der Waals surface area contributed by atoms with Crippen LogP contribution in [0.1, 0.15) is 43.1 Å². The molecule has 1 fully saturated rings. The molecule has 1 aromatic rings. The van der Waals surface area contributed by atoms with Crippen molar-refractivity contribution in [3.05, 3.63) is 35.4 Å². The van der Waals surface area contributed by atoms with Crippen LogP contribution in [0.25, 0.3) is 0 Å². The lowest BCUT2D eigenvalue weighted by molar-refractivity contribution is 0.0827. The SMILES string of the molecule is CCNC(=NCc1ccc(C(=O)N(C)C)cc1)NCCN1CC(C)CC(C)C1.I. The molecular formula is C22H38IN5O. The van der Waals surface area contributed by atoms with Gasteiger partial charge in [-0.3, -0.25) is 4.79 Å². The first kappa shape index (κ1) is 25.7. The van der Waals surface area contributed by atoms with Crippen LogP contribution in [0.3, 0.4) is 0 Å². The summed E-state index contributed by atoms with van der Waals surface area (Å²) in [4.78, 5) is 20.8. The number of rotatable bonds is 7. The molecule has 29 heavy (non-hydrogen) atoms. The number of halogens is 1. The number of benzene rings is 1. The van der Waals surface area contributed by atoms with Gasteiger partial charge in [-0.2, -0.15) is 0 Å². The minimum Gasteiger partial charge on any atom is -0.357 e. The zero-order valence-electron chi connectivity index (χ0n) is 18.6. The summed E-state index contributed by atoms with van der Waals surface area (Å²) in [6.45, 7) is 12.5. The third-order valence-electron chi connectivity index (χ3n) is 5.04. The van der Waals surface area contributed by atoms with Gasteiger partial charge in [0, 0.05) is 52.4 Å². The fourth-order valence-electron chi connectivity index (χ4n) is 3.83. The van der Waals surface area contributed by atoms with E-state index in [0.717, 1.165) is 43.0 Å². The minimum absolute atomic E-state index is 0. The first-order valence-corrected chi connectivity index (χ1v) is 10.4. The molecule has 1 heterocycles. The van der Waals surface area contributed by atoms with E-state index in [0.29, 0.717) is 12.1 Å². The van der Waals surface area contributed by atoms with Gasteiger partial charge in [-0.1, -0.05) is 26.0 Å². The van der Waals surface area contributed by atoms with Crippen LogP contribution in [-0.2, 0) is 6.54 Å². The lowest BCUT2D eigenvalue weighted by Crippen LogP contribution is -2.45. The number of piperidine rings is 1. The highest BCUT2D eigenvalue weighted by Crippen LogP contribution is 2.20. The van der Waals surface area contributed by atoms with E-state index in [1.54, 1.807) is 19.0 Å². The molecule has 2 rings (SSSR count). The standard InChI is InChI=1S/C22H37N5O.HI/c1-6-23-22(24-11-12-27-15-17(2)13-18(3)16-27)25-14-19-7-9-20(10-8-19)21(28)26(4)5;/h7-10,17-18H,6,11-16H2,1-5H3,(H2,23,24,25);1H. The normalized spacial score (nSPS) is 20.0. The monoisotopic (exact) mass is 515 g/mol. The molecule has 1 aromatic carbocycles. The molecule has 0 aromatic heterocycles. The number of aliphatic imine (C=N–C) groups is 1. The number of nitrogens with zero attached hydrogens (tertiary/aromatic N) is 3. The largest absolute Gasteiger partial charge is 0.357 e. The zero-order chi connectivity index (χ0) is 20.5. The number of nitrogens with one attached hydrogen (secondary N) is 2. The predicted molar refractivity (Wildman–Crippen MR) is 132 cm³/mol. The van der Waals surface area contributed by atoms with Crippen LogP contribution in [0.2, 0.25) is 0 Å². The van der Waals surface area contributed by atoms with Gasteiger partial charge in [0.25, 0.3) is 5.91 Å². The Morgan fingerprint density at radius 1 is 1.14 bits per heavy atom. The first-order valence-electron chi connectivity index (χ1n) is 10.4. The van der Waals surface area contributed by atoms with Crippen LogP contribution in [0.5, 0.6) is 0 Å². The van der Waals surface area contributed by atoms with E-state index in [-0.39, 0.29) is 29.9 Å². The second-order valence-corrected chi connectivity index (χ2v) is 8.22. The summed E-state index contributed by atoms with van der Waals surface area (Å²) >= 11 is 0. The summed E-state index contributed by atoms with van der Waals surface area (Å²) in [5, 5.41) is 6.76. The molecule has 0 saturated carbocycles. The van der Waals surface area contributed by atoms with Crippen LogP contribution < -0.4 is 10.6 Å². The predicted octanol–water partition coefficient (Wildman–Crippen LogP) is 3.04. The number of carbonyl (C=O) groups excluding carboxylic acids is 1. The van der Waals surface area contributed by atoms with Gasteiger partial charge in [-0.15, -0.1) is 24.0 Å². The maximum Gasteiger partial charge on any atom is 0.253 e. The molecule has 0 bridgehead atoms. The van der Waals surface area contributed by atoms with Gasteiger partial charge in [0.1, 0.15) is 0 Å². The fourth-order valence-corrected chi connectivity index (χ4v) is 3.83. The third kappa shape index (κ3) is 8.90. The molecule has 1 aliphatic heterocycles. The highest BCUT2D eigenvalue weighted by atomic mass is 127. The molecule has 0 radical (unpaired) electrons. The van der Waals surface area contributed by atoms with Crippen molar-refractivity contribution in [2.45, 2.75) is 33.7 Å². The second-order valence-electron chi connectivity index (χ2n) is 8.22. The maximum absolute atomic E-state index is 12.0. The van der Waals surface area contributed by atoms with Gasteiger partial charge in [0.2, 0.25) is 0 Å². The second kappa shape index (κ2) is 13.1. The molecule has 2 atom stereocenters. The molecule has 164 valence electrons. The fraction of sp³-hybridized carbons (Fsp3) is 0.636. The Bertz CT molecular complexity index is 637. The summed E-state index contributed by atoms with van der Waals surface area (Å²) in [6.07, 6.45) is 1.34. The molecule has 0 aliphatic carbocycles. The summed E-state index contributed by atoms with van der Waals surface area (Å²) in [6, 6.07) is 7.68. The number of guanidine groups is 1. The number of likely N-dealkylation sites (tertiary alicyclic amines) is 1. The average Bonchev–Trinajstić information content (AvgIpc) is 2.65. The summed E-state index contributed by atoms with van der Waals surface area (Å²) < 4.78 is 0. The van der Waals surface area contributed by atoms with Crippen molar-refractivity contribution < 1.29 is 4.79 Å². The van der Waals surface area contributed by atoms with Crippen LogP contribution in [-0.4, -0.2) is 68.5 Å². The quantitative estimate of drug-likeness (QED) is 0.333. The lowest BCUT2D eigenvalue weighted by atomic mass is 9.92. The Kier molecular flexibility index (Phi) is 11.6. The van der Waals surface area contributed by atoms with Crippen molar-refractivity contribution in [2.24, 2.45) is 16.8 Å². The number of hydrogen-bond donors (Lipinski definition) is 2. The summed E-state index contributed by atoms with van der Waals surface area (Å²) in [5.41, 5.74) is 1.79. The number of carbonyl (C=O) groups is 1. The topological polar surface area (TPSA) is 60.0 Å². The molecule has 0 spiro atoms. The number of amides is 1. The van der Waals surface area contributed by atoms with Crippen molar-refractivity contribution in [3.8, 4) is 0 Å². The van der Waals surface area contributed by atoms with Crippen molar-refractivity contribution in [2.75, 3.05) is 46.8 Å². The van der Waals surface area contributed by atoms with Gasteiger partial charge in [0.05, 0.1) is 6.54 Å². The Labute approximate surface area is 193 Å². The maximum atomic E-state index is 12.0. The molecule has 2 unspecified atom stereocenters. The van der Waals surface area contributed by atoms with Crippen molar-refractivity contribution in [3.63, 3.8) is 0 Å². The van der Waals surface area contributed by atoms with E-state index in [1.807, 2.05) is 24.3 Å². The van der Waals surface area contributed by atoms with Crippen LogP contribution in [0, 0.1) is 11.8 Å². The van der Waals surface area contributed by atoms with E-state index in [2.05, 4.69) is 41.3 Å². The van der Waals surface area contributed by atoms with Gasteiger partial charge < -0.3 is 20.4 Å². The molecule has 7 heteroatoms. The van der Waals surface area contributed by atoms with Crippen LogP contribution in [0.4, 0.5) is 0 Å². The van der Waals surface area contributed by atoms with Crippen LogP contribution in [0.15, 0.2) is 29.3 Å². The van der Waals surface area contributed by atoms with E-state index in [1.165, 1.54) is 19.5 Å². The van der Waals surface area contributed by atoms with Gasteiger partial charge in [-0.05, 0) is 42.9 Å².